The minimum absolute atomic E-state index is 0.177. The molecule has 1 aromatic rings. The first-order valence-corrected chi connectivity index (χ1v) is 7.02. The lowest BCUT2D eigenvalue weighted by Gasteiger charge is -2.40. The van der Waals surface area contributed by atoms with Crippen LogP contribution in [0.3, 0.4) is 0 Å². The fraction of sp³-hybridized carbons (Fsp3) is 0.538. The Balaban J connectivity index is 2.03. The molecule has 10 heteroatoms. The molecular weight excluding hydrogens is 340 g/mol. The van der Waals surface area contributed by atoms with Crippen LogP contribution < -0.4 is 10.1 Å². The van der Waals surface area contributed by atoms with Crippen LogP contribution in [0.2, 0.25) is 0 Å². The second kappa shape index (κ2) is 7.12. The Morgan fingerprint density at radius 2 is 1.74 bits per heavy atom. The molecule has 1 aromatic carbocycles. The molecule has 1 saturated heterocycles. The Morgan fingerprint density at radius 1 is 1.13 bits per heavy atom. The third-order valence-corrected chi connectivity index (χ3v) is 3.37. The summed E-state index contributed by atoms with van der Waals surface area (Å²) in [6, 6.07) is 5.14. The van der Waals surface area contributed by atoms with Gasteiger partial charge >= 0.3 is 5.57 Å². The van der Waals surface area contributed by atoms with Crippen molar-refractivity contribution in [1.29, 1.82) is 0 Å². The van der Waals surface area contributed by atoms with Crippen LogP contribution in [0.4, 0.5) is 14.5 Å². The van der Waals surface area contributed by atoms with Gasteiger partial charge in [-0.1, -0.05) is 0 Å². The van der Waals surface area contributed by atoms with E-state index in [9.17, 15) is 24.1 Å². The number of hydrogen-bond donors (Lipinski definition) is 5. The SMILES string of the molecule is OC[C@@H]1O[C@H](Nc2ccc(OC(F)(F)Cl)cc2)[C@@H](O)[C@H](O)[C@@H]1O. The van der Waals surface area contributed by atoms with Gasteiger partial charge < -0.3 is 35.2 Å². The fourth-order valence-corrected chi connectivity index (χ4v) is 2.23. The van der Waals surface area contributed by atoms with Gasteiger partial charge in [0.05, 0.1) is 6.61 Å². The Bertz CT molecular complexity index is 512. The van der Waals surface area contributed by atoms with Crippen molar-refractivity contribution in [1.82, 2.24) is 0 Å². The van der Waals surface area contributed by atoms with Crippen LogP contribution >= 0.6 is 11.6 Å². The number of hydrogen-bond acceptors (Lipinski definition) is 7. The maximum atomic E-state index is 12.5. The molecule has 0 bridgehead atoms. The highest BCUT2D eigenvalue weighted by Crippen LogP contribution is 2.27. The topological polar surface area (TPSA) is 111 Å². The Labute approximate surface area is 135 Å². The molecule has 1 heterocycles. The lowest BCUT2D eigenvalue weighted by molar-refractivity contribution is -0.221. The molecule has 130 valence electrons. The minimum atomic E-state index is -3.83. The summed E-state index contributed by atoms with van der Waals surface area (Å²) in [5.41, 5.74) is -3.47. The van der Waals surface area contributed by atoms with Crippen LogP contribution in [0.15, 0.2) is 24.3 Å². The quantitative estimate of drug-likeness (QED) is 0.475. The Kier molecular flexibility index (Phi) is 5.61. The number of aliphatic hydroxyl groups is 4. The molecule has 1 fully saturated rings. The summed E-state index contributed by atoms with van der Waals surface area (Å²) in [6.45, 7) is -0.555. The van der Waals surface area contributed by atoms with Crippen LogP contribution in [-0.2, 0) is 4.74 Å². The summed E-state index contributed by atoms with van der Waals surface area (Å²) in [5, 5.41) is 41.0. The van der Waals surface area contributed by atoms with Gasteiger partial charge in [-0.3, -0.25) is 0 Å². The van der Waals surface area contributed by atoms with Crippen molar-refractivity contribution in [3.05, 3.63) is 24.3 Å². The van der Waals surface area contributed by atoms with E-state index in [1.807, 2.05) is 0 Å². The molecule has 0 radical (unpaired) electrons. The Morgan fingerprint density at radius 3 is 2.26 bits per heavy atom. The van der Waals surface area contributed by atoms with E-state index in [0.717, 1.165) is 0 Å². The predicted molar refractivity (Wildman–Crippen MR) is 75.3 cm³/mol. The van der Waals surface area contributed by atoms with Crippen molar-refractivity contribution in [3.8, 4) is 5.75 Å². The van der Waals surface area contributed by atoms with E-state index in [4.69, 9.17) is 9.84 Å². The zero-order chi connectivity index (χ0) is 17.2. The number of nitrogens with one attached hydrogen (secondary N) is 1. The monoisotopic (exact) mass is 355 g/mol. The lowest BCUT2D eigenvalue weighted by Crippen LogP contribution is -2.60. The predicted octanol–water partition coefficient (Wildman–Crippen LogP) is 0.0663. The smallest absolute Gasteiger partial charge is 0.420 e. The van der Waals surface area contributed by atoms with Crippen LogP contribution in [0.1, 0.15) is 0 Å². The van der Waals surface area contributed by atoms with Crippen molar-refractivity contribution in [2.75, 3.05) is 11.9 Å². The standard InChI is InChI=1S/C13H16ClF2NO6/c14-13(15,16)23-7-3-1-6(2-4-7)17-12-11(21)10(20)9(19)8(5-18)22-12/h1-4,8-12,17-21H,5H2/t8-,9+,10+,11-,12-/m0/s1. The minimum Gasteiger partial charge on any atom is -0.420 e. The van der Waals surface area contributed by atoms with Crippen molar-refractivity contribution in [3.63, 3.8) is 0 Å². The van der Waals surface area contributed by atoms with E-state index in [0.29, 0.717) is 5.69 Å². The first-order chi connectivity index (χ1) is 10.7. The van der Waals surface area contributed by atoms with Crippen molar-refractivity contribution in [2.45, 2.75) is 36.2 Å². The molecule has 0 aliphatic carbocycles. The van der Waals surface area contributed by atoms with Gasteiger partial charge in [-0.2, -0.15) is 0 Å². The molecule has 7 nitrogen and oxygen atoms in total. The van der Waals surface area contributed by atoms with Gasteiger partial charge in [0.15, 0.2) is 6.23 Å². The van der Waals surface area contributed by atoms with E-state index in [-0.39, 0.29) is 5.75 Å². The molecule has 0 saturated carbocycles. The average Bonchev–Trinajstić information content (AvgIpc) is 2.48. The highest BCUT2D eigenvalue weighted by Gasteiger charge is 2.43. The van der Waals surface area contributed by atoms with Gasteiger partial charge in [0.1, 0.15) is 30.2 Å². The van der Waals surface area contributed by atoms with E-state index in [1.165, 1.54) is 24.3 Å². The maximum Gasteiger partial charge on any atom is 0.487 e. The second-order valence-electron chi connectivity index (χ2n) is 4.97. The van der Waals surface area contributed by atoms with Crippen molar-refractivity contribution >= 4 is 17.3 Å². The van der Waals surface area contributed by atoms with Gasteiger partial charge in [0.25, 0.3) is 0 Å². The molecule has 0 amide bonds. The van der Waals surface area contributed by atoms with Gasteiger partial charge in [-0.05, 0) is 24.3 Å². The van der Waals surface area contributed by atoms with Gasteiger partial charge in [0, 0.05) is 17.3 Å². The number of rotatable bonds is 5. The summed E-state index contributed by atoms with van der Waals surface area (Å²) in [4.78, 5) is 0. The number of benzene rings is 1. The third kappa shape index (κ3) is 4.63. The van der Waals surface area contributed by atoms with Crippen molar-refractivity contribution in [2.24, 2.45) is 0 Å². The fourth-order valence-electron chi connectivity index (χ4n) is 2.14. The summed E-state index contributed by atoms with van der Waals surface area (Å²) >= 11 is 4.64. The van der Waals surface area contributed by atoms with E-state index in [2.05, 4.69) is 21.7 Å². The Hall–Kier alpha value is -1.23. The molecule has 2 rings (SSSR count). The molecular formula is C13H16ClF2NO6. The van der Waals surface area contributed by atoms with Crippen LogP contribution in [0, 0.1) is 0 Å². The van der Waals surface area contributed by atoms with Gasteiger partial charge in [0.2, 0.25) is 0 Å². The highest BCUT2D eigenvalue weighted by molar-refractivity contribution is 6.20. The van der Waals surface area contributed by atoms with Crippen LogP contribution in [0.25, 0.3) is 0 Å². The normalized spacial score (nSPS) is 31.7. The summed E-state index contributed by atoms with van der Waals surface area (Å²) < 4.78 is 34.4. The molecule has 0 unspecified atom stereocenters. The molecule has 0 aromatic heterocycles. The summed E-state index contributed by atoms with van der Waals surface area (Å²) in [7, 11) is 0. The molecule has 1 aliphatic rings. The second-order valence-corrected chi connectivity index (χ2v) is 5.41. The third-order valence-electron chi connectivity index (χ3n) is 3.29. The van der Waals surface area contributed by atoms with Crippen LogP contribution in [-0.4, -0.2) is 63.2 Å². The van der Waals surface area contributed by atoms with Gasteiger partial charge in [-0.15, -0.1) is 8.78 Å². The lowest BCUT2D eigenvalue weighted by atomic mass is 9.98. The number of halogens is 3. The first-order valence-electron chi connectivity index (χ1n) is 6.64. The maximum absolute atomic E-state index is 12.5. The number of alkyl halides is 3. The number of ether oxygens (including phenoxy) is 2. The van der Waals surface area contributed by atoms with E-state index >= 15 is 0 Å². The summed E-state index contributed by atoms with van der Waals surface area (Å²) in [5.74, 6) is -0.177. The van der Waals surface area contributed by atoms with Crippen molar-refractivity contribution < 1.29 is 38.7 Å². The van der Waals surface area contributed by atoms with Gasteiger partial charge in [-0.25, -0.2) is 0 Å². The van der Waals surface area contributed by atoms with E-state index < -0.39 is 42.8 Å². The first kappa shape index (κ1) is 18.1. The number of anilines is 1. The summed E-state index contributed by atoms with van der Waals surface area (Å²) in [6.07, 6.45) is -6.61. The average molecular weight is 356 g/mol. The highest BCUT2D eigenvalue weighted by atomic mass is 35.5. The molecule has 5 atom stereocenters. The largest absolute Gasteiger partial charge is 0.487 e. The molecule has 5 N–H and O–H groups in total. The molecule has 23 heavy (non-hydrogen) atoms. The van der Waals surface area contributed by atoms with Crippen LogP contribution in [0.5, 0.6) is 5.75 Å². The molecule has 1 aliphatic heterocycles. The molecule has 0 spiro atoms. The number of aliphatic hydroxyl groups excluding tert-OH is 4. The zero-order valence-electron chi connectivity index (χ0n) is 11.6. The zero-order valence-corrected chi connectivity index (χ0v) is 12.4. The van der Waals surface area contributed by atoms with E-state index in [1.54, 1.807) is 0 Å².